The number of H-pyrrole nitrogens is 1. The van der Waals surface area contributed by atoms with E-state index in [2.05, 4.69) is 14.7 Å². The molecule has 0 aliphatic heterocycles. The summed E-state index contributed by atoms with van der Waals surface area (Å²) in [6.07, 6.45) is 1.94. The number of carbonyl (C=O) groups excluding carboxylic acids is 1. The third kappa shape index (κ3) is 2.45. The molecule has 0 spiro atoms. The van der Waals surface area contributed by atoms with Crippen LogP contribution in [-0.2, 0) is 9.53 Å². The van der Waals surface area contributed by atoms with Crippen molar-refractivity contribution < 1.29 is 9.53 Å². The summed E-state index contributed by atoms with van der Waals surface area (Å²) in [6.45, 7) is 0.411. The zero-order valence-corrected chi connectivity index (χ0v) is 9.64. The molecule has 0 amide bonds. The van der Waals surface area contributed by atoms with Gasteiger partial charge in [0.25, 0.3) is 0 Å². The maximum absolute atomic E-state index is 11.3. The number of carbonyl (C=O) groups is 1. The molecule has 0 fully saturated rings. The lowest BCUT2D eigenvalue weighted by Gasteiger charge is -2.13. The van der Waals surface area contributed by atoms with E-state index < -0.39 is 0 Å². The van der Waals surface area contributed by atoms with E-state index in [9.17, 15) is 4.79 Å². The molecule has 0 radical (unpaired) electrons. The number of imidazole rings is 1. The molecule has 5 nitrogen and oxygen atoms in total. The fourth-order valence-corrected chi connectivity index (χ4v) is 1.83. The predicted molar refractivity (Wildman–Crippen MR) is 64.5 cm³/mol. The SMILES string of the molecule is COC(=O)CC(CN)c1ccc2nc[nH]c2c1. The van der Waals surface area contributed by atoms with Crippen LogP contribution in [0.2, 0.25) is 0 Å². The Hall–Kier alpha value is -1.88. The van der Waals surface area contributed by atoms with Crippen LogP contribution < -0.4 is 5.73 Å². The quantitative estimate of drug-likeness (QED) is 0.777. The second-order valence-corrected chi connectivity index (χ2v) is 3.89. The van der Waals surface area contributed by atoms with Crippen LogP contribution in [-0.4, -0.2) is 29.6 Å². The highest BCUT2D eigenvalue weighted by atomic mass is 16.5. The van der Waals surface area contributed by atoms with Gasteiger partial charge >= 0.3 is 5.97 Å². The molecule has 2 aromatic rings. The number of methoxy groups -OCH3 is 1. The molecule has 0 saturated heterocycles. The van der Waals surface area contributed by atoms with Crippen molar-refractivity contribution in [3.05, 3.63) is 30.1 Å². The van der Waals surface area contributed by atoms with Gasteiger partial charge in [0.15, 0.2) is 0 Å². The van der Waals surface area contributed by atoms with Crippen LogP contribution in [0.1, 0.15) is 17.9 Å². The van der Waals surface area contributed by atoms with Crippen molar-refractivity contribution in [1.82, 2.24) is 9.97 Å². The van der Waals surface area contributed by atoms with Crippen LogP contribution in [0.25, 0.3) is 11.0 Å². The van der Waals surface area contributed by atoms with Crippen LogP contribution in [0.5, 0.6) is 0 Å². The summed E-state index contributed by atoms with van der Waals surface area (Å²) < 4.78 is 4.66. The van der Waals surface area contributed by atoms with Gasteiger partial charge in [-0.05, 0) is 24.2 Å². The van der Waals surface area contributed by atoms with Gasteiger partial charge < -0.3 is 15.5 Å². The van der Waals surface area contributed by atoms with E-state index in [1.165, 1.54) is 7.11 Å². The van der Waals surface area contributed by atoms with Gasteiger partial charge in [0, 0.05) is 5.92 Å². The van der Waals surface area contributed by atoms with E-state index >= 15 is 0 Å². The molecule has 1 heterocycles. The Morgan fingerprint density at radius 1 is 1.59 bits per heavy atom. The largest absolute Gasteiger partial charge is 0.469 e. The van der Waals surface area contributed by atoms with Gasteiger partial charge in [-0.2, -0.15) is 0 Å². The van der Waals surface area contributed by atoms with E-state index in [1.54, 1.807) is 6.33 Å². The van der Waals surface area contributed by atoms with E-state index in [1.807, 2.05) is 18.2 Å². The van der Waals surface area contributed by atoms with Gasteiger partial charge in [0.2, 0.25) is 0 Å². The van der Waals surface area contributed by atoms with Crippen molar-refractivity contribution >= 4 is 17.0 Å². The Morgan fingerprint density at radius 2 is 2.41 bits per heavy atom. The fraction of sp³-hybridized carbons (Fsp3) is 0.333. The van der Waals surface area contributed by atoms with E-state index in [0.29, 0.717) is 13.0 Å². The summed E-state index contributed by atoms with van der Waals surface area (Å²) in [5, 5.41) is 0. The highest BCUT2D eigenvalue weighted by Gasteiger charge is 2.15. The maximum Gasteiger partial charge on any atom is 0.306 e. The van der Waals surface area contributed by atoms with Crippen molar-refractivity contribution in [3.63, 3.8) is 0 Å². The van der Waals surface area contributed by atoms with E-state index in [0.717, 1.165) is 16.6 Å². The Labute approximate surface area is 99.0 Å². The molecular weight excluding hydrogens is 218 g/mol. The molecule has 1 aromatic heterocycles. The highest BCUT2D eigenvalue weighted by molar-refractivity contribution is 5.76. The molecule has 0 bridgehead atoms. The third-order valence-electron chi connectivity index (χ3n) is 2.84. The molecule has 1 aromatic carbocycles. The van der Waals surface area contributed by atoms with Crippen molar-refractivity contribution in [2.45, 2.75) is 12.3 Å². The number of nitrogens with zero attached hydrogens (tertiary/aromatic N) is 1. The molecule has 17 heavy (non-hydrogen) atoms. The van der Waals surface area contributed by atoms with Crippen molar-refractivity contribution in [2.75, 3.05) is 13.7 Å². The summed E-state index contributed by atoms with van der Waals surface area (Å²) in [7, 11) is 1.38. The number of rotatable bonds is 4. The number of nitrogens with one attached hydrogen (secondary N) is 1. The smallest absolute Gasteiger partial charge is 0.306 e. The Morgan fingerprint density at radius 3 is 3.12 bits per heavy atom. The fourth-order valence-electron chi connectivity index (χ4n) is 1.83. The predicted octanol–water partition coefficient (Wildman–Crippen LogP) is 1.17. The van der Waals surface area contributed by atoms with Crippen molar-refractivity contribution in [1.29, 1.82) is 0 Å². The maximum atomic E-state index is 11.3. The molecule has 1 unspecified atom stereocenters. The topological polar surface area (TPSA) is 81.0 Å². The summed E-state index contributed by atoms with van der Waals surface area (Å²) in [4.78, 5) is 18.5. The first-order valence-electron chi connectivity index (χ1n) is 5.44. The van der Waals surface area contributed by atoms with Crippen molar-refractivity contribution in [3.8, 4) is 0 Å². The lowest BCUT2D eigenvalue weighted by molar-refractivity contribution is -0.141. The molecule has 3 N–H and O–H groups in total. The Balaban J connectivity index is 2.26. The van der Waals surface area contributed by atoms with Gasteiger partial charge in [0.05, 0.1) is 30.9 Å². The number of hydrogen-bond donors (Lipinski definition) is 2. The normalized spacial score (nSPS) is 12.6. The molecule has 0 saturated carbocycles. The first kappa shape index (κ1) is 11.6. The third-order valence-corrected chi connectivity index (χ3v) is 2.84. The highest BCUT2D eigenvalue weighted by Crippen LogP contribution is 2.22. The second-order valence-electron chi connectivity index (χ2n) is 3.89. The summed E-state index contributed by atoms with van der Waals surface area (Å²) in [6, 6.07) is 5.84. The minimum atomic E-state index is -0.245. The number of aromatic nitrogens is 2. The molecule has 90 valence electrons. The van der Waals surface area contributed by atoms with Crippen LogP contribution in [0, 0.1) is 0 Å². The average Bonchev–Trinajstić information content (AvgIpc) is 2.82. The van der Waals surface area contributed by atoms with Crippen molar-refractivity contribution in [2.24, 2.45) is 5.73 Å². The molecule has 2 rings (SSSR count). The number of nitrogens with two attached hydrogens (primary N) is 1. The van der Waals surface area contributed by atoms with Crippen LogP contribution in [0.15, 0.2) is 24.5 Å². The Kier molecular flexibility index (Phi) is 3.39. The van der Waals surface area contributed by atoms with Gasteiger partial charge in [-0.15, -0.1) is 0 Å². The van der Waals surface area contributed by atoms with E-state index in [-0.39, 0.29) is 11.9 Å². The first-order valence-corrected chi connectivity index (χ1v) is 5.44. The lowest BCUT2D eigenvalue weighted by atomic mass is 9.95. The number of aromatic amines is 1. The number of fused-ring (bicyclic) bond motifs is 1. The standard InChI is InChI=1S/C12H15N3O2/c1-17-12(16)5-9(6-13)8-2-3-10-11(4-8)15-7-14-10/h2-4,7,9H,5-6,13H2,1H3,(H,14,15). The molecule has 0 aliphatic rings. The zero-order chi connectivity index (χ0) is 12.3. The molecule has 1 atom stereocenters. The summed E-state index contributed by atoms with van der Waals surface area (Å²) in [5.41, 5.74) is 8.57. The summed E-state index contributed by atoms with van der Waals surface area (Å²) >= 11 is 0. The molecule has 0 aliphatic carbocycles. The van der Waals surface area contributed by atoms with Gasteiger partial charge in [-0.1, -0.05) is 6.07 Å². The van der Waals surface area contributed by atoms with Crippen LogP contribution in [0.4, 0.5) is 0 Å². The minimum Gasteiger partial charge on any atom is -0.469 e. The summed E-state index contributed by atoms with van der Waals surface area (Å²) in [5.74, 6) is -0.264. The second kappa shape index (κ2) is 4.97. The monoisotopic (exact) mass is 233 g/mol. The zero-order valence-electron chi connectivity index (χ0n) is 9.64. The van der Waals surface area contributed by atoms with Crippen LogP contribution >= 0.6 is 0 Å². The van der Waals surface area contributed by atoms with Gasteiger partial charge in [0.1, 0.15) is 0 Å². The first-order chi connectivity index (χ1) is 8.24. The number of benzene rings is 1. The van der Waals surface area contributed by atoms with Gasteiger partial charge in [-0.25, -0.2) is 4.98 Å². The van der Waals surface area contributed by atoms with E-state index in [4.69, 9.17) is 5.73 Å². The average molecular weight is 233 g/mol. The number of hydrogen-bond acceptors (Lipinski definition) is 4. The lowest BCUT2D eigenvalue weighted by Crippen LogP contribution is -2.17. The number of ether oxygens (including phenoxy) is 1. The minimum absolute atomic E-state index is 0.0184. The Bertz CT molecular complexity index is 521. The molecule has 5 heteroatoms. The molecular formula is C12H15N3O2. The number of esters is 1. The van der Waals surface area contributed by atoms with Gasteiger partial charge in [-0.3, -0.25) is 4.79 Å². The van der Waals surface area contributed by atoms with Crippen LogP contribution in [0.3, 0.4) is 0 Å².